The van der Waals surface area contributed by atoms with Gasteiger partial charge in [-0.2, -0.15) is 0 Å². The van der Waals surface area contributed by atoms with Gasteiger partial charge >= 0.3 is 0 Å². The summed E-state index contributed by atoms with van der Waals surface area (Å²) in [5, 5.41) is 13.1. The predicted octanol–water partition coefficient (Wildman–Crippen LogP) is 6.47. The summed E-state index contributed by atoms with van der Waals surface area (Å²) in [6.07, 6.45) is 0.662. The van der Waals surface area contributed by atoms with Crippen LogP contribution in [0, 0.1) is 0 Å². The Balaban J connectivity index is 1.40. The molecular formula is C33H29ClN4O3. The molecule has 3 aliphatic heterocycles. The molecule has 0 radical (unpaired) electrons. The molecule has 3 aliphatic rings. The molecule has 3 heterocycles. The van der Waals surface area contributed by atoms with Crippen molar-refractivity contribution in [1.29, 1.82) is 0 Å². The van der Waals surface area contributed by atoms with Crippen molar-refractivity contribution in [1.82, 2.24) is 9.80 Å². The first kappa shape index (κ1) is 25.6. The lowest BCUT2D eigenvalue weighted by atomic mass is 9.94. The number of nitrogens with zero attached hydrogens (tertiary/aromatic N) is 4. The minimum Gasteiger partial charge on any atom is -0.508 e. The molecule has 1 N–H and O–H groups in total. The molecule has 2 unspecified atom stereocenters. The molecule has 0 aliphatic carbocycles. The fourth-order valence-corrected chi connectivity index (χ4v) is 6.45. The van der Waals surface area contributed by atoms with Crippen LogP contribution < -0.4 is 4.90 Å². The summed E-state index contributed by atoms with van der Waals surface area (Å²) >= 11 is 7.07. The van der Waals surface area contributed by atoms with Gasteiger partial charge in [0.25, 0.3) is 0 Å². The number of benzene rings is 4. The number of hydrogen-bond acceptors (Lipinski definition) is 6. The first-order valence-electron chi connectivity index (χ1n) is 13.8. The number of amidine groups is 1. The summed E-state index contributed by atoms with van der Waals surface area (Å²) in [4.78, 5) is 23.5. The lowest BCUT2D eigenvalue weighted by Gasteiger charge is -2.45. The summed E-state index contributed by atoms with van der Waals surface area (Å²) < 4.78 is 6.50. The first-order valence-corrected chi connectivity index (χ1v) is 14.1. The Morgan fingerprint density at radius 1 is 0.976 bits per heavy atom. The van der Waals surface area contributed by atoms with Crippen molar-refractivity contribution in [2.45, 2.75) is 19.4 Å². The van der Waals surface area contributed by atoms with E-state index in [-0.39, 0.29) is 17.8 Å². The van der Waals surface area contributed by atoms with E-state index >= 15 is 0 Å². The van der Waals surface area contributed by atoms with Crippen molar-refractivity contribution in [2.24, 2.45) is 4.99 Å². The number of para-hydroxylation sites is 1. The number of amides is 1. The summed E-state index contributed by atoms with van der Waals surface area (Å²) in [6, 6.07) is 23.8. The number of carbonyl (C=O) groups excluding carboxylic acids is 1. The molecule has 0 spiro atoms. The largest absolute Gasteiger partial charge is 0.508 e. The van der Waals surface area contributed by atoms with Crippen molar-refractivity contribution in [3.8, 4) is 16.9 Å². The number of ether oxygens (including phenoxy) is 1. The molecule has 8 heteroatoms. The van der Waals surface area contributed by atoms with E-state index in [1.807, 2.05) is 49.4 Å². The molecule has 4 aromatic carbocycles. The van der Waals surface area contributed by atoms with Gasteiger partial charge in [-0.1, -0.05) is 60.6 Å². The standard InChI is InChI=1S/C33H29ClN4O3/c1-3-31(40)36-12-14-37(15-13-36)32-27-18-28(34)26(25-17-22(39)16-21-8-4-5-10-24(21)25)19-30(27)38-29-11-7-6-9-23(29)20(2)41-33(38)35-32/h3-11,16-20,33,39H,1,12-15H2,2H3. The number of fused-ring (bicyclic) bond motifs is 6. The monoisotopic (exact) mass is 564 g/mol. The van der Waals surface area contributed by atoms with Gasteiger partial charge in [0.2, 0.25) is 12.3 Å². The van der Waals surface area contributed by atoms with E-state index in [1.54, 1.807) is 17.0 Å². The molecule has 0 aromatic heterocycles. The Kier molecular flexibility index (Phi) is 6.21. The fraction of sp³-hybridized carbons (Fsp3) is 0.212. The number of halogens is 1. The van der Waals surface area contributed by atoms with Crippen LogP contribution in [-0.4, -0.2) is 59.2 Å². The second-order valence-corrected chi connectivity index (χ2v) is 11.0. The molecule has 1 saturated heterocycles. The number of aliphatic imine (C=N–C) groups is 1. The fourth-order valence-electron chi connectivity index (χ4n) is 6.18. The molecule has 1 amide bonds. The number of carbonyl (C=O) groups is 1. The summed E-state index contributed by atoms with van der Waals surface area (Å²) in [6.45, 7) is 8.10. The average molecular weight is 565 g/mol. The van der Waals surface area contributed by atoms with E-state index < -0.39 is 6.35 Å². The molecule has 4 aromatic rings. The van der Waals surface area contributed by atoms with Crippen LogP contribution >= 0.6 is 11.6 Å². The van der Waals surface area contributed by atoms with Crippen LogP contribution in [0.2, 0.25) is 5.02 Å². The van der Waals surface area contributed by atoms with Crippen molar-refractivity contribution in [2.75, 3.05) is 31.1 Å². The van der Waals surface area contributed by atoms with Gasteiger partial charge in [-0.15, -0.1) is 0 Å². The molecular weight excluding hydrogens is 536 g/mol. The second-order valence-electron chi connectivity index (χ2n) is 10.6. The van der Waals surface area contributed by atoms with Crippen LogP contribution in [0.3, 0.4) is 0 Å². The van der Waals surface area contributed by atoms with Crippen molar-refractivity contribution in [3.05, 3.63) is 102 Å². The molecule has 0 bridgehead atoms. The number of rotatable bonds is 2. The lowest BCUT2D eigenvalue weighted by molar-refractivity contribution is -0.127. The second kappa shape index (κ2) is 9.94. The Morgan fingerprint density at radius 2 is 1.73 bits per heavy atom. The van der Waals surface area contributed by atoms with Crippen molar-refractivity contribution < 1.29 is 14.6 Å². The van der Waals surface area contributed by atoms with E-state index in [0.29, 0.717) is 31.2 Å². The molecule has 7 rings (SSSR count). The maximum atomic E-state index is 12.2. The maximum Gasteiger partial charge on any atom is 0.246 e. The van der Waals surface area contributed by atoms with Crippen LogP contribution in [0.25, 0.3) is 21.9 Å². The maximum absolute atomic E-state index is 12.2. The Morgan fingerprint density at radius 3 is 2.54 bits per heavy atom. The number of phenolic OH excluding ortho intramolecular Hbond substituents is 1. The predicted molar refractivity (Wildman–Crippen MR) is 163 cm³/mol. The van der Waals surface area contributed by atoms with Gasteiger partial charge in [0.05, 0.1) is 17.5 Å². The van der Waals surface area contributed by atoms with E-state index in [1.165, 1.54) is 6.08 Å². The highest BCUT2D eigenvalue weighted by Gasteiger charge is 2.39. The quantitative estimate of drug-likeness (QED) is 0.283. The Labute approximate surface area is 243 Å². The minimum atomic E-state index is -0.565. The summed E-state index contributed by atoms with van der Waals surface area (Å²) in [5.74, 6) is 0.918. The average Bonchev–Trinajstić information content (AvgIpc) is 2.99. The third kappa shape index (κ3) is 4.24. The van der Waals surface area contributed by atoms with Crippen molar-refractivity contribution in [3.63, 3.8) is 0 Å². The molecule has 1 fully saturated rings. The summed E-state index contributed by atoms with van der Waals surface area (Å²) in [7, 11) is 0. The topological polar surface area (TPSA) is 68.6 Å². The summed E-state index contributed by atoms with van der Waals surface area (Å²) in [5.41, 5.74) is 5.62. The number of hydrogen-bond donors (Lipinski definition) is 1. The number of anilines is 2. The van der Waals surface area contributed by atoms with Gasteiger partial charge < -0.3 is 19.6 Å². The van der Waals surface area contributed by atoms with Gasteiger partial charge in [0.1, 0.15) is 11.6 Å². The highest BCUT2D eigenvalue weighted by atomic mass is 35.5. The van der Waals surface area contributed by atoms with Gasteiger partial charge in [-0.25, -0.2) is 4.99 Å². The number of piperazine rings is 1. The Bertz CT molecular complexity index is 1740. The van der Waals surface area contributed by atoms with Gasteiger partial charge in [0.15, 0.2) is 0 Å². The van der Waals surface area contributed by atoms with Gasteiger partial charge in [-0.3, -0.25) is 9.69 Å². The number of aromatic hydroxyl groups is 1. The highest BCUT2D eigenvalue weighted by Crippen LogP contribution is 2.48. The normalized spacial score (nSPS) is 19.8. The molecule has 41 heavy (non-hydrogen) atoms. The third-order valence-electron chi connectivity index (χ3n) is 8.20. The highest BCUT2D eigenvalue weighted by molar-refractivity contribution is 6.34. The Hall–Kier alpha value is -4.33. The SMILES string of the molecule is C=CC(=O)N1CCN(C2=NC3OC(C)c4ccccc4N3c3cc(-c4cc(O)cc5ccccc45)c(Cl)cc32)CC1. The van der Waals surface area contributed by atoms with Gasteiger partial charge in [0, 0.05) is 47.9 Å². The van der Waals surface area contributed by atoms with E-state index in [4.69, 9.17) is 21.3 Å². The zero-order valence-electron chi connectivity index (χ0n) is 22.6. The number of phenols is 1. The molecule has 2 atom stereocenters. The van der Waals surface area contributed by atoms with E-state index in [2.05, 4.69) is 34.6 Å². The van der Waals surface area contributed by atoms with Crippen LogP contribution in [0.15, 0.2) is 90.4 Å². The smallest absolute Gasteiger partial charge is 0.246 e. The lowest BCUT2D eigenvalue weighted by Crippen LogP contribution is -2.52. The van der Waals surface area contributed by atoms with Crippen LogP contribution in [0.1, 0.15) is 24.2 Å². The van der Waals surface area contributed by atoms with Crippen LogP contribution in [0.4, 0.5) is 11.4 Å². The first-order chi connectivity index (χ1) is 19.9. The third-order valence-corrected chi connectivity index (χ3v) is 8.51. The van der Waals surface area contributed by atoms with Crippen LogP contribution in [-0.2, 0) is 9.53 Å². The van der Waals surface area contributed by atoms with Gasteiger partial charge in [-0.05, 0) is 59.7 Å². The zero-order chi connectivity index (χ0) is 28.2. The minimum absolute atomic E-state index is 0.0612. The molecule has 0 saturated carbocycles. The van der Waals surface area contributed by atoms with E-state index in [9.17, 15) is 9.90 Å². The van der Waals surface area contributed by atoms with Crippen molar-refractivity contribution >= 4 is 45.5 Å². The molecule has 7 nitrogen and oxygen atoms in total. The van der Waals surface area contributed by atoms with E-state index in [0.717, 1.165) is 50.2 Å². The molecule has 206 valence electrons. The zero-order valence-corrected chi connectivity index (χ0v) is 23.4. The van der Waals surface area contributed by atoms with Crippen LogP contribution in [0.5, 0.6) is 5.75 Å².